The van der Waals surface area contributed by atoms with E-state index >= 15 is 0 Å². The van der Waals surface area contributed by atoms with Crippen LogP contribution >= 0.6 is 0 Å². The zero-order valence-electron chi connectivity index (χ0n) is 10.6. The van der Waals surface area contributed by atoms with E-state index in [1.807, 2.05) is 13.8 Å². The summed E-state index contributed by atoms with van der Waals surface area (Å²) in [5.74, 6) is -0.507. The molecular weight excluding hydrogens is 234 g/mol. The highest BCUT2D eigenvalue weighted by molar-refractivity contribution is 5.82. The fourth-order valence-corrected chi connectivity index (χ4v) is 1.20. The summed E-state index contributed by atoms with van der Waals surface area (Å²) in [6.45, 7) is 3.67. The lowest BCUT2D eigenvalue weighted by molar-refractivity contribution is -0.142. The van der Waals surface area contributed by atoms with Gasteiger partial charge in [-0.15, -0.1) is 0 Å². The van der Waals surface area contributed by atoms with E-state index in [1.165, 1.54) is 13.4 Å². The lowest BCUT2D eigenvalue weighted by atomic mass is 10.1. The van der Waals surface area contributed by atoms with Crippen LogP contribution in [0.3, 0.4) is 0 Å². The predicted molar refractivity (Wildman–Crippen MR) is 66.6 cm³/mol. The van der Waals surface area contributed by atoms with Gasteiger partial charge in [0, 0.05) is 6.20 Å². The number of aryl methyl sites for hydroxylation is 1. The molecule has 0 N–H and O–H groups in total. The van der Waals surface area contributed by atoms with Gasteiger partial charge in [0.05, 0.1) is 25.3 Å². The average molecular weight is 249 g/mol. The standard InChI is InChI=1S/C12H15N3O3/c1-9-4-13-5-11(10(9)2)14-7-15(8-16)6-12(17)18-3/h4-5,7-8H,6H2,1-3H3. The van der Waals surface area contributed by atoms with Gasteiger partial charge in [-0.1, -0.05) is 0 Å². The first-order valence-electron chi connectivity index (χ1n) is 5.31. The third kappa shape index (κ3) is 3.65. The molecular formula is C12H15N3O3. The van der Waals surface area contributed by atoms with Gasteiger partial charge in [0.2, 0.25) is 6.41 Å². The number of ether oxygens (including phenoxy) is 1. The largest absolute Gasteiger partial charge is 0.468 e. The number of aromatic nitrogens is 1. The number of nitrogens with zero attached hydrogens (tertiary/aromatic N) is 3. The molecule has 0 fully saturated rings. The fourth-order valence-electron chi connectivity index (χ4n) is 1.20. The second-order valence-electron chi connectivity index (χ2n) is 3.70. The quantitative estimate of drug-likeness (QED) is 0.337. The molecule has 0 bridgehead atoms. The van der Waals surface area contributed by atoms with Crippen molar-refractivity contribution in [3.05, 3.63) is 23.5 Å². The molecule has 1 heterocycles. The van der Waals surface area contributed by atoms with Crippen LogP contribution in [0, 0.1) is 13.8 Å². The lowest BCUT2D eigenvalue weighted by Crippen LogP contribution is -2.27. The highest BCUT2D eigenvalue weighted by Crippen LogP contribution is 2.18. The number of esters is 1. The van der Waals surface area contributed by atoms with Gasteiger partial charge in [-0.05, 0) is 25.0 Å². The van der Waals surface area contributed by atoms with Crippen molar-refractivity contribution in [3.63, 3.8) is 0 Å². The molecule has 0 saturated carbocycles. The van der Waals surface area contributed by atoms with Gasteiger partial charge in [0.25, 0.3) is 0 Å². The molecule has 0 spiro atoms. The predicted octanol–water partition coefficient (Wildman–Crippen LogP) is 0.990. The highest BCUT2D eigenvalue weighted by Gasteiger charge is 2.06. The number of aliphatic imine (C=N–C) groups is 1. The van der Waals surface area contributed by atoms with Gasteiger partial charge < -0.3 is 4.74 Å². The van der Waals surface area contributed by atoms with Crippen LogP contribution in [0.15, 0.2) is 17.4 Å². The summed E-state index contributed by atoms with van der Waals surface area (Å²) in [6, 6.07) is 0. The Hall–Kier alpha value is -2.24. The van der Waals surface area contributed by atoms with Crippen LogP contribution in [0.2, 0.25) is 0 Å². The molecule has 0 aliphatic carbocycles. The zero-order valence-corrected chi connectivity index (χ0v) is 10.6. The number of rotatable bonds is 5. The topological polar surface area (TPSA) is 71.9 Å². The van der Waals surface area contributed by atoms with E-state index in [2.05, 4.69) is 14.7 Å². The molecule has 0 radical (unpaired) electrons. The molecule has 1 rings (SSSR count). The first kappa shape index (κ1) is 13.8. The van der Waals surface area contributed by atoms with Crippen LogP contribution in [0.25, 0.3) is 0 Å². The maximum Gasteiger partial charge on any atom is 0.325 e. The summed E-state index contributed by atoms with van der Waals surface area (Å²) in [5, 5.41) is 0. The van der Waals surface area contributed by atoms with Crippen LogP contribution in [-0.4, -0.2) is 42.3 Å². The second-order valence-corrected chi connectivity index (χ2v) is 3.70. The van der Waals surface area contributed by atoms with Crippen LogP contribution in [0.5, 0.6) is 0 Å². The van der Waals surface area contributed by atoms with Gasteiger partial charge in [-0.2, -0.15) is 0 Å². The van der Waals surface area contributed by atoms with Crippen molar-refractivity contribution in [2.45, 2.75) is 13.8 Å². The van der Waals surface area contributed by atoms with Gasteiger partial charge in [0.1, 0.15) is 6.54 Å². The maximum atomic E-state index is 11.0. The van der Waals surface area contributed by atoms with E-state index < -0.39 is 5.97 Å². The van der Waals surface area contributed by atoms with E-state index in [0.717, 1.165) is 16.0 Å². The highest BCUT2D eigenvalue weighted by atomic mass is 16.5. The summed E-state index contributed by atoms with van der Waals surface area (Å²) in [6.07, 6.45) is 5.13. The van der Waals surface area contributed by atoms with Gasteiger partial charge in [-0.3, -0.25) is 19.5 Å². The molecule has 96 valence electrons. The minimum absolute atomic E-state index is 0.165. The number of hydrogen-bond donors (Lipinski definition) is 0. The summed E-state index contributed by atoms with van der Waals surface area (Å²) in [5.41, 5.74) is 2.65. The van der Waals surface area contributed by atoms with Crippen LogP contribution < -0.4 is 0 Å². The fraction of sp³-hybridized carbons (Fsp3) is 0.333. The minimum atomic E-state index is -0.507. The first-order chi connectivity index (χ1) is 8.58. The van der Waals surface area contributed by atoms with E-state index in [0.29, 0.717) is 12.1 Å². The number of methoxy groups -OCH3 is 1. The first-order valence-corrected chi connectivity index (χ1v) is 5.31. The minimum Gasteiger partial charge on any atom is -0.468 e. The van der Waals surface area contributed by atoms with Crippen molar-refractivity contribution in [1.82, 2.24) is 9.88 Å². The van der Waals surface area contributed by atoms with Crippen molar-refractivity contribution in [2.75, 3.05) is 13.7 Å². The molecule has 0 atom stereocenters. The summed E-state index contributed by atoms with van der Waals surface area (Å²) in [7, 11) is 1.26. The third-order valence-electron chi connectivity index (χ3n) is 2.46. The molecule has 0 saturated heterocycles. The van der Waals surface area contributed by atoms with Crippen LogP contribution in [-0.2, 0) is 14.3 Å². The Bertz CT molecular complexity index is 472. The van der Waals surface area contributed by atoms with E-state index in [9.17, 15) is 9.59 Å². The van der Waals surface area contributed by atoms with Gasteiger partial charge >= 0.3 is 5.97 Å². The van der Waals surface area contributed by atoms with Crippen molar-refractivity contribution < 1.29 is 14.3 Å². The van der Waals surface area contributed by atoms with Crippen molar-refractivity contribution in [3.8, 4) is 0 Å². The molecule has 18 heavy (non-hydrogen) atoms. The summed E-state index contributed by atoms with van der Waals surface area (Å²) >= 11 is 0. The van der Waals surface area contributed by atoms with Crippen molar-refractivity contribution in [2.24, 2.45) is 4.99 Å². The molecule has 6 nitrogen and oxygen atoms in total. The Kier molecular flexibility index (Phi) is 4.98. The van der Waals surface area contributed by atoms with E-state index in [-0.39, 0.29) is 6.54 Å². The number of hydrogen-bond acceptors (Lipinski definition) is 5. The Morgan fingerprint density at radius 1 is 1.50 bits per heavy atom. The number of carbonyl (C=O) groups is 2. The van der Waals surface area contributed by atoms with E-state index in [4.69, 9.17) is 0 Å². The SMILES string of the molecule is COC(=O)CN(C=O)C=Nc1cncc(C)c1C. The van der Waals surface area contributed by atoms with Crippen LogP contribution in [0.4, 0.5) is 5.69 Å². The maximum absolute atomic E-state index is 11.0. The molecule has 1 aromatic heterocycles. The normalized spacial score (nSPS) is 10.4. The average Bonchev–Trinajstić information content (AvgIpc) is 2.38. The third-order valence-corrected chi connectivity index (χ3v) is 2.46. The smallest absolute Gasteiger partial charge is 0.325 e. The number of pyridine rings is 1. The Morgan fingerprint density at radius 3 is 2.83 bits per heavy atom. The Labute approximate surface area is 105 Å². The van der Waals surface area contributed by atoms with Crippen molar-refractivity contribution in [1.29, 1.82) is 0 Å². The molecule has 1 amide bonds. The Morgan fingerprint density at radius 2 is 2.22 bits per heavy atom. The van der Waals surface area contributed by atoms with Gasteiger partial charge in [0.15, 0.2) is 0 Å². The van der Waals surface area contributed by atoms with E-state index in [1.54, 1.807) is 12.4 Å². The van der Waals surface area contributed by atoms with Crippen molar-refractivity contribution >= 4 is 24.4 Å². The second kappa shape index (κ2) is 6.48. The Balaban J connectivity index is 2.80. The molecule has 0 unspecified atom stereocenters. The molecule has 0 aromatic carbocycles. The monoisotopic (exact) mass is 249 g/mol. The zero-order chi connectivity index (χ0) is 13.5. The van der Waals surface area contributed by atoms with Crippen LogP contribution in [0.1, 0.15) is 11.1 Å². The number of carbonyl (C=O) groups excluding carboxylic acids is 2. The molecule has 1 aromatic rings. The summed E-state index contributed by atoms with van der Waals surface area (Å²) < 4.78 is 4.46. The summed E-state index contributed by atoms with van der Waals surface area (Å²) in [4.78, 5) is 31.0. The molecule has 6 heteroatoms. The molecule has 0 aliphatic heterocycles. The molecule has 0 aliphatic rings. The lowest BCUT2D eigenvalue weighted by Gasteiger charge is -2.09. The number of amides is 1. The van der Waals surface area contributed by atoms with Gasteiger partial charge in [-0.25, -0.2) is 4.99 Å².